The molecular formula is C40H70O4. The van der Waals surface area contributed by atoms with Crippen LogP contribution in [0.5, 0.6) is 0 Å². The molecule has 4 heteroatoms. The maximum atomic E-state index is 12.7. The summed E-state index contributed by atoms with van der Waals surface area (Å²) in [6, 6.07) is 6.86. The second-order valence-corrected chi connectivity index (χ2v) is 14.0. The number of hydrogen-bond acceptors (Lipinski definition) is 4. The Morgan fingerprint density at radius 2 is 0.682 bits per heavy atom. The average Bonchev–Trinajstić information content (AvgIpc) is 3.00. The van der Waals surface area contributed by atoms with Gasteiger partial charge in [-0.05, 0) is 36.8 Å². The summed E-state index contributed by atoms with van der Waals surface area (Å²) >= 11 is 0. The molecule has 0 N–H and O–H groups in total. The third-order valence-corrected chi connectivity index (χ3v) is 8.68. The van der Waals surface area contributed by atoms with Crippen molar-refractivity contribution in [3.63, 3.8) is 0 Å². The first-order valence-electron chi connectivity index (χ1n) is 18.8. The Hall–Kier alpha value is -1.84. The molecule has 1 aromatic carbocycles. The highest BCUT2D eigenvalue weighted by atomic mass is 16.5. The van der Waals surface area contributed by atoms with Crippen molar-refractivity contribution in [1.29, 1.82) is 0 Å². The number of benzene rings is 1. The lowest BCUT2D eigenvalue weighted by Crippen LogP contribution is -2.15. The van der Waals surface area contributed by atoms with Crippen molar-refractivity contribution in [3.8, 4) is 0 Å². The van der Waals surface area contributed by atoms with Crippen molar-refractivity contribution >= 4 is 11.9 Å². The molecule has 0 aliphatic rings. The first kappa shape index (κ1) is 40.2. The van der Waals surface area contributed by atoms with Gasteiger partial charge in [0.05, 0.1) is 24.3 Å². The first-order valence-corrected chi connectivity index (χ1v) is 18.8. The molecule has 1 rings (SSSR count). The fourth-order valence-electron chi connectivity index (χ4n) is 5.82. The minimum absolute atomic E-state index is 0.307. The van der Waals surface area contributed by atoms with Crippen molar-refractivity contribution in [2.24, 2.45) is 11.8 Å². The molecule has 0 heterocycles. The van der Waals surface area contributed by atoms with E-state index in [1.807, 2.05) is 0 Å². The Bertz CT molecular complexity index is 748. The summed E-state index contributed by atoms with van der Waals surface area (Å²) in [4.78, 5) is 25.4. The van der Waals surface area contributed by atoms with Gasteiger partial charge in [0.2, 0.25) is 0 Å². The largest absolute Gasteiger partial charge is 0.462 e. The summed E-state index contributed by atoms with van der Waals surface area (Å²) in [5, 5.41) is 0. The molecule has 0 fully saturated rings. The van der Waals surface area contributed by atoms with Gasteiger partial charge in [0.25, 0.3) is 0 Å². The van der Waals surface area contributed by atoms with Crippen LogP contribution < -0.4 is 0 Å². The molecule has 0 radical (unpaired) electrons. The van der Waals surface area contributed by atoms with E-state index in [9.17, 15) is 9.59 Å². The van der Waals surface area contributed by atoms with Crippen LogP contribution in [0.1, 0.15) is 203 Å². The molecule has 0 atom stereocenters. The van der Waals surface area contributed by atoms with Gasteiger partial charge in [-0.3, -0.25) is 0 Å². The molecule has 44 heavy (non-hydrogen) atoms. The average molecular weight is 615 g/mol. The molecule has 0 aliphatic carbocycles. The van der Waals surface area contributed by atoms with Gasteiger partial charge in [0.1, 0.15) is 0 Å². The van der Waals surface area contributed by atoms with Crippen LogP contribution in [-0.2, 0) is 9.47 Å². The molecular weight excluding hydrogens is 544 g/mol. The summed E-state index contributed by atoms with van der Waals surface area (Å²) in [5.41, 5.74) is 0.614. The highest BCUT2D eigenvalue weighted by Gasteiger charge is 2.18. The van der Waals surface area contributed by atoms with E-state index in [2.05, 4.69) is 27.7 Å². The fourth-order valence-corrected chi connectivity index (χ4v) is 5.82. The lowest BCUT2D eigenvalue weighted by Gasteiger charge is -2.10. The standard InChI is InChI=1S/C40H70O4/c1-35(2)29-23-19-15-11-7-5-9-13-17-21-27-33-43-39(41)37-31-25-26-32-38(37)40(42)44-34-28-22-18-14-10-6-8-12-16-20-24-30-36(3)4/h25-26,31-32,35-36H,5-24,27-30,33-34H2,1-4H3. The van der Waals surface area contributed by atoms with Gasteiger partial charge >= 0.3 is 11.9 Å². The molecule has 254 valence electrons. The lowest BCUT2D eigenvalue weighted by atomic mass is 10.0. The van der Waals surface area contributed by atoms with Crippen LogP contribution in [0.25, 0.3) is 0 Å². The SMILES string of the molecule is CC(C)CCCCCCCCCCCCCOC(=O)c1ccccc1C(=O)OCCCCCCCCCCCCCC(C)C. The molecule has 0 unspecified atom stereocenters. The van der Waals surface area contributed by atoms with Gasteiger partial charge in [-0.25, -0.2) is 9.59 Å². The number of rotatable bonds is 30. The smallest absolute Gasteiger partial charge is 0.339 e. The quantitative estimate of drug-likeness (QED) is 0.0639. The summed E-state index contributed by atoms with van der Waals surface area (Å²) in [6.45, 7) is 10.0. The minimum Gasteiger partial charge on any atom is -0.462 e. The molecule has 4 nitrogen and oxygen atoms in total. The van der Waals surface area contributed by atoms with Crippen LogP contribution in [0.15, 0.2) is 24.3 Å². The second kappa shape index (κ2) is 28.6. The second-order valence-electron chi connectivity index (χ2n) is 14.0. The van der Waals surface area contributed by atoms with Gasteiger partial charge in [-0.15, -0.1) is 0 Å². The van der Waals surface area contributed by atoms with Crippen LogP contribution >= 0.6 is 0 Å². The van der Waals surface area contributed by atoms with Crippen molar-refractivity contribution < 1.29 is 19.1 Å². The van der Waals surface area contributed by atoms with Gasteiger partial charge in [-0.1, -0.05) is 181 Å². The van der Waals surface area contributed by atoms with Crippen molar-refractivity contribution in [2.45, 2.75) is 182 Å². The van der Waals surface area contributed by atoms with Crippen molar-refractivity contribution in [2.75, 3.05) is 13.2 Å². The molecule has 0 aliphatic heterocycles. The zero-order valence-electron chi connectivity index (χ0n) is 29.5. The lowest BCUT2D eigenvalue weighted by molar-refractivity contribution is 0.0450. The van der Waals surface area contributed by atoms with Crippen LogP contribution in [0.3, 0.4) is 0 Å². The number of carbonyl (C=O) groups is 2. The Morgan fingerprint density at radius 3 is 0.955 bits per heavy atom. The van der Waals surface area contributed by atoms with Gasteiger partial charge in [0, 0.05) is 0 Å². The van der Waals surface area contributed by atoms with Crippen LogP contribution in [0.4, 0.5) is 0 Å². The van der Waals surface area contributed by atoms with Crippen LogP contribution in [0, 0.1) is 11.8 Å². The highest BCUT2D eigenvalue weighted by molar-refractivity contribution is 6.03. The Balaban J connectivity index is 2.04. The third-order valence-electron chi connectivity index (χ3n) is 8.68. The first-order chi connectivity index (χ1) is 21.4. The topological polar surface area (TPSA) is 52.6 Å². The Labute approximate surface area is 272 Å². The fraction of sp³-hybridized carbons (Fsp3) is 0.800. The van der Waals surface area contributed by atoms with E-state index in [1.54, 1.807) is 24.3 Å². The highest BCUT2D eigenvalue weighted by Crippen LogP contribution is 2.17. The van der Waals surface area contributed by atoms with E-state index in [0.717, 1.165) is 37.5 Å². The molecule has 1 aromatic rings. The molecule has 0 aromatic heterocycles. The summed E-state index contributed by atoms with van der Waals surface area (Å²) in [7, 11) is 0. The van der Waals surface area contributed by atoms with Gasteiger partial charge in [-0.2, -0.15) is 0 Å². The molecule has 0 saturated carbocycles. The summed E-state index contributed by atoms with van der Waals surface area (Å²) < 4.78 is 11.0. The molecule has 0 saturated heterocycles. The van der Waals surface area contributed by atoms with Crippen LogP contribution in [0.2, 0.25) is 0 Å². The number of ether oxygens (including phenoxy) is 2. The van der Waals surface area contributed by atoms with Gasteiger partial charge < -0.3 is 9.47 Å². The summed E-state index contributed by atoms with van der Waals surface area (Å²) in [6.07, 6.45) is 30.6. The zero-order chi connectivity index (χ0) is 32.1. The Morgan fingerprint density at radius 1 is 0.432 bits per heavy atom. The van der Waals surface area contributed by atoms with E-state index < -0.39 is 11.9 Å². The van der Waals surface area contributed by atoms with Crippen molar-refractivity contribution in [1.82, 2.24) is 0 Å². The van der Waals surface area contributed by atoms with E-state index in [0.29, 0.717) is 24.3 Å². The Kier molecular flexibility index (Phi) is 26.1. The number of unbranched alkanes of at least 4 members (excludes halogenated alkanes) is 20. The van der Waals surface area contributed by atoms with Crippen molar-refractivity contribution in [3.05, 3.63) is 35.4 Å². The van der Waals surface area contributed by atoms with E-state index in [1.165, 1.54) is 128 Å². The minimum atomic E-state index is -0.429. The maximum absolute atomic E-state index is 12.7. The van der Waals surface area contributed by atoms with E-state index in [-0.39, 0.29) is 0 Å². The normalized spacial score (nSPS) is 11.4. The molecule has 0 amide bonds. The van der Waals surface area contributed by atoms with Gasteiger partial charge in [0.15, 0.2) is 0 Å². The maximum Gasteiger partial charge on any atom is 0.339 e. The summed E-state index contributed by atoms with van der Waals surface area (Å²) in [5.74, 6) is 0.820. The van der Waals surface area contributed by atoms with E-state index >= 15 is 0 Å². The van der Waals surface area contributed by atoms with Crippen LogP contribution in [-0.4, -0.2) is 25.2 Å². The predicted molar refractivity (Wildman–Crippen MR) is 187 cm³/mol. The number of hydrogen-bond donors (Lipinski definition) is 0. The van der Waals surface area contributed by atoms with E-state index in [4.69, 9.17) is 9.47 Å². The predicted octanol–water partition coefficient (Wildman–Crippen LogP) is 12.7. The zero-order valence-corrected chi connectivity index (χ0v) is 29.5. The third kappa shape index (κ3) is 23.5. The molecule has 0 spiro atoms. The number of carbonyl (C=O) groups excluding carboxylic acids is 2. The monoisotopic (exact) mass is 615 g/mol. The number of esters is 2. The molecule has 0 bridgehead atoms.